The lowest BCUT2D eigenvalue weighted by Crippen LogP contribution is -1.89. The van der Waals surface area contributed by atoms with Crippen molar-refractivity contribution in [3.05, 3.63) is 70.8 Å². The van der Waals surface area contributed by atoms with Crippen LogP contribution in [0, 0.1) is 0 Å². The molecule has 0 bridgehead atoms. The molecule has 0 aliphatic heterocycles. The first-order valence-electron chi connectivity index (χ1n) is 5.37. The molecule has 1 aromatic carbocycles. The Hall–Kier alpha value is -1.38. The van der Waals surface area contributed by atoms with Crippen LogP contribution in [0.5, 0.6) is 0 Å². The maximum atomic E-state index is 5.99. The van der Waals surface area contributed by atoms with E-state index in [2.05, 4.69) is 34.1 Å². The highest BCUT2D eigenvalue weighted by Crippen LogP contribution is 2.28. The Morgan fingerprint density at radius 3 is 2.72 bits per heavy atom. The molecule has 0 fully saturated rings. The number of allylic oxidation sites excluding steroid dienone is 4. The van der Waals surface area contributed by atoms with E-state index in [0.29, 0.717) is 5.02 Å². The van der Waals surface area contributed by atoms with E-state index in [1.54, 1.807) is 12.2 Å². The van der Waals surface area contributed by atoms with Gasteiger partial charge in [0.1, 0.15) is 0 Å². The van der Waals surface area contributed by atoms with E-state index < -0.39 is 0 Å². The Morgan fingerprint density at radius 2 is 2.06 bits per heavy atom. The molecule has 0 aliphatic rings. The zero-order valence-corrected chi connectivity index (χ0v) is 12.0. The van der Waals surface area contributed by atoms with Crippen LogP contribution < -0.4 is 0 Å². The molecule has 0 radical (unpaired) electrons. The minimum atomic E-state index is 0.673. The molecular formula is C15H11BrClN. The minimum absolute atomic E-state index is 0.673. The SMILES string of the molecule is C=C/C=C(\C=C)c1cc(Br)c2ccc(Cl)cc2n1. The van der Waals surface area contributed by atoms with Crippen LogP contribution in [0.4, 0.5) is 0 Å². The standard InChI is InChI=1S/C15H11BrClN/c1-3-5-10(4-2)14-9-13(16)12-7-6-11(17)8-15(12)18-14/h3-9H,1-2H2/b10-5+. The third-order valence-corrected chi connectivity index (χ3v) is 3.43. The highest BCUT2D eigenvalue weighted by molar-refractivity contribution is 9.10. The van der Waals surface area contributed by atoms with Gasteiger partial charge >= 0.3 is 0 Å². The molecule has 0 unspecified atom stereocenters. The van der Waals surface area contributed by atoms with Crippen LogP contribution in [0.15, 0.2) is 60.1 Å². The summed E-state index contributed by atoms with van der Waals surface area (Å²) < 4.78 is 0.982. The Kier molecular flexibility index (Phi) is 4.00. The molecule has 18 heavy (non-hydrogen) atoms. The van der Waals surface area contributed by atoms with Crippen LogP contribution in [0.2, 0.25) is 5.02 Å². The second-order valence-corrected chi connectivity index (χ2v) is 5.00. The number of aromatic nitrogens is 1. The first-order valence-corrected chi connectivity index (χ1v) is 6.54. The summed E-state index contributed by atoms with van der Waals surface area (Å²) in [5.74, 6) is 0. The molecule has 0 atom stereocenters. The van der Waals surface area contributed by atoms with Gasteiger partial charge in [-0.05, 0) is 23.8 Å². The van der Waals surface area contributed by atoms with Gasteiger partial charge in [0.05, 0.1) is 11.2 Å². The molecule has 1 nitrogen and oxygen atoms in total. The van der Waals surface area contributed by atoms with Gasteiger partial charge < -0.3 is 0 Å². The van der Waals surface area contributed by atoms with Crippen molar-refractivity contribution in [3.63, 3.8) is 0 Å². The van der Waals surface area contributed by atoms with E-state index >= 15 is 0 Å². The number of fused-ring (bicyclic) bond motifs is 1. The smallest absolute Gasteiger partial charge is 0.0735 e. The van der Waals surface area contributed by atoms with Gasteiger partial charge in [-0.3, -0.25) is 0 Å². The van der Waals surface area contributed by atoms with Gasteiger partial charge in [0.25, 0.3) is 0 Å². The number of halogens is 2. The molecule has 0 saturated carbocycles. The molecular weight excluding hydrogens is 310 g/mol. The maximum Gasteiger partial charge on any atom is 0.0735 e. The number of pyridine rings is 1. The fraction of sp³-hybridized carbons (Fsp3) is 0. The van der Waals surface area contributed by atoms with Crippen LogP contribution in [-0.4, -0.2) is 4.98 Å². The molecule has 0 amide bonds. The first-order chi connectivity index (χ1) is 8.65. The van der Waals surface area contributed by atoms with Crippen molar-refractivity contribution in [2.24, 2.45) is 0 Å². The van der Waals surface area contributed by atoms with Crippen LogP contribution in [-0.2, 0) is 0 Å². The summed E-state index contributed by atoms with van der Waals surface area (Å²) in [6.07, 6.45) is 5.35. The van der Waals surface area contributed by atoms with E-state index in [4.69, 9.17) is 11.6 Å². The molecule has 0 aliphatic carbocycles. The summed E-state index contributed by atoms with van der Waals surface area (Å²) in [7, 11) is 0. The third-order valence-electron chi connectivity index (χ3n) is 2.53. The Balaban J connectivity index is 2.71. The van der Waals surface area contributed by atoms with Crippen molar-refractivity contribution in [2.75, 3.05) is 0 Å². The van der Waals surface area contributed by atoms with E-state index in [1.807, 2.05) is 30.3 Å². The molecule has 0 N–H and O–H groups in total. The maximum absolute atomic E-state index is 5.99. The van der Waals surface area contributed by atoms with Crippen molar-refractivity contribution in [2.45, 2.75) is 0 Å². The van der Waals surface area contributed by atoms with Crippen molar-refractivity contribution >= 4 is 44.0 Å². The van der Waals surface area contributed by atoms with Crippen molar-refractivity contribution in [1.82, 2.24) is 4.98 Å². The monoisotopic (exact) mass is 319 g/mol. The zero-order valence-electron chi connectivity index (χ0n) is 9.66. The quantitative estimate of drug-likeness (QED) is 0.689. The number of hydrogen-bond donors (Lipinski definition) is 0. The number of hydrogen-bond acceptors (Lipinski definition) is 1. The molecule has 90 valence electrons. The molecule has 2 aromatic rings. The van der Waals surface area contributed by atoms with E-state index in [9.17, 15) is 0 Å². The third kappa shape index (κ3) is 2.55. The van der Waals surface area contributed by atoms with Gasteiger partial charge in [-0.15, -0.1) is 0 Å². The summed E-state index contributed by atoms with van der Waals surface area (Å²) in [4.78, 5) is 4.58. The molecule has 2 rings (SSSR count). The zero-order chi connectivity index (χ0) is 13.1. The lowest BCUT2D eigenvalue weighted by molar-refractivity contribution is 1.34. The highest BCUT2D eigenvalue weighted by Gasteiger charge is 2.06. The Morgan fingerprint density at radius 1 is 1.28 bits per heavy atom. The average Bonchev–Trinajstić information content (AvgIpc) is 2.35. The summed E-state index contributed by atoms with van der Waals surface area (Å²) in [6.45, 7) is 7.47. The largest absolute Gasteiger partial charge is 0.248 e. The Labute approximate surface area is 120 Å². The molecule has 3 heteroatoms. The van der Waals surface area contributed by atoms with Crippen molar-refractivity contribution < 1.29 is 0 Å². The fourth-order valence-corrected chi connectivity index (χ4v) is 2.41. The summed E-state index contributed by atoms with van der Waals surface area (Å²) in [5, 5.41) is 1.71. The van der Waals surface area contributed by atoms with Gasteiger partial charge in [-0.2, -0.15) is 0 Å². The lowest BCUT2D eigenvalue weighted by atomic mass is 10.1. The minimum Gasteiger partial charge on any atom is -0.248 e. The van der Waals surface area contributed by atoms with Crippen molar-refractivity contribution in [3.8, 4) is 0 Å². The van der Waals surface area contributed by atoms with Gasteiger partial charge in [-0.25, -0.2) is 4.98 Å². The number of rotatable bonds is 3. The van der Waals surface area contributed by atoms with Crippen LogP contribution in [0.1, 0.15) is 5.69 Å². The molecule has 0 saturated heterocycles. The Bertz CT molecular complexity index is 659. The van der Waals surface area contributed by atoms with E-state index in [-0.39, 0.29) is 0 Å². The molecule has 1 heterocycles. The molecule has 1 aromatic heterocycles. The van der Waals surface area contributed by atoms with Crippen LogP contribution in [0.3, 0.4) is 0 Å². The second kappa shape index (κ2) is 5.51. The van der Waals surface area contributed by atoms with Crippen LogP contribution >= 0.6 is 27.5 Å². The summed E-state index contributed by atoms with van der Waals surface area (Å²) >= 11 is 9.54. The topological polar surface area (TPSA) is 12.9 Å². The van der Waals surface area contributed by atoms with Crippen molar-refractivity contribution in [1.29, 1.82) is 0 Å². The lowest BCUT2D eigenvalue weighted by Gasteiger charge is -2.06. The van der Waals surface area contributed by atoms with E-state index in [1.165, 1.54) is 0 Å². The predicted octanol–water partition coefficient (Wildman–Crippen LogP) is 5.41. The predicted molar refractivity (Wildman–Crippen MR) is 82.8 cm³/mol. The average molecular weight is 321 g/mol. The van der Waals surface area contributed by atoms with Crippen LogP contribution in [0.25, 0.3) is 16.5 Å². The summed E-state index contributed by atoms with van der Waals surface area (Å²) in [6, 6.07) is 7.61. The fourth-order valence-electron chi connectivity index (χ4n) is 1.69. The van der Waals surface area contributed by atoms with Gasteiger partial charge in [-0.1, -0.05) is 65.0 Å². The van der Waals surface area contributed by atoms with Gasteiger partial charge in [0.2, 0.25) is 0 Å². The molecule has 0 spiro atoms. The second-order valence-electron chi connectivity index (χ2n) is 3.71. The van der Waals surface area contributed by atoms with Gasteiger partial charge in [0, 0.05) is 14.9 Å². The van der Waals surface area contributed by atoms with E-state index in [0.717, 1.165) is 26.6 Å². The highest BCUT2D eigenvalue weighted by atomic mass is 79.9. The number of benzene rings is 1. The summed E-state index contributed by atoms with van der Waals surface area (Å²) in [5.41, 5.74) is 2.61. The first kappa shape index (κ1) is 13.1. The van der Waals surface area contributed by atoms with Gasteiger partial charge in [0.15, 0.2) is 0 Å². The normalized spacial score (nSPS) is 11.6. The number of nitrogens with zero attached hydrogens (tertiary/aromatic N) is 1.